The second kappa shape index (κ2) is 7.31. The Bertz CT molecular complexity index is 862. The van der Waals surface area contributed by atoms with Crippen molar-refractivity contribution in [2.45, 2.75) is 13.0 Å². The summed E-state index contributed by atoms with van der Waals surface area (Å²) in [6.45, 7) is 2.36. The molecule has 0 saturated carbocycles. The van der Waals surface area contributed by atoms with Crippen molar-refractivity contribution in [3.8, 4) is 17.1 Å². The molecule has 0 radical (unpaired) electrons. The van der Waals surface area contributed by atoms with Gasteiger partial charge in [0, 0.05) is 32.1 Å². The number of anilines is 1. The van der Waals surface area contributed by atoms with Crippen LogP contribution in [0.3, 0.4) is 0 Å². The molecule has 1 atom stereocenters. The number of aromatic hydroxyl groups is 1. The van der Waals surface area contributed by atoms with E-state index in [0.29, 0.717) is 23.8 Å². The molecule has 2 N–H and O–H groups in total. The second-order valence-electron chi connectivity index (χ2n) is 5.77. The summed E-state index contributed by atoms with van der Waals surface area (Å²) in [6, 6.07) is 10.7. The predicted octanol–water partition coefficient (Wildman–Crippen LogP) is 2.69. The fourth-order valence-corrected chi connectivity index (χ4v) is 2.70. The van der Waals surface area contributed by atoms with E-state index in [1.54, 1.807) is 36.2 Å². The molecular weight excluding hydrogens is 318 g/mol. The maximum Gasteiger partial charge on any atom is 0.165 e. The lowest BCUT2D eigenvalue weighted by Gasteiger charge is -2.19. The van der Waals surface area contributed by atoms with Gasteiger partial charge >= 0.3 is 0 Å². The van der Waals surface area contributed by atoms with Gasteiger partial charge in [0.1, 0.15) is 11.6 Å². The van der Waals surface area contributed by atoms with Gasteiger partial charge in [0.05, 0.1) is 23.9 Å². The summed E-state index contributed by atoms with van der Waals surface area (Å²) in [5.74, 6) is 1.29. The number of hydrogen-bond acceptors (Lipinski definition) is 6. The highest BCUT2D eigenvalue weighted by Crippen LogP contribution is 2.27. The van der Waals surface area contributed by atoms with Gasteiger partial charge in [-0.1, -0.05) is 12.1 Å². The monoisotopic (exact) mass is 339 g/mol. The van der Waals surface area contributed by atoms with Gasteiger partial charge in [-0.3, -0.25) is 4.68 Å². The number of aromatic nitrogens is 4. The average Bonchev–Trinajstić information content (AvgIpc) is 3.00. The minimum absolute atomic E-state index is 0.107. The van der Waals surface area contributed by atoms with Crippen LogP contribution >= 0.6 is 0 Å². The van der Waals surface area contributed by atoms with Crippen LogP contribution in [0.15, 0.2) is 42.6 Å². The van der Waals surface area contributed by atoms with E-state index in [-0.39, 0.29) is 11.8 Å². The Morgan fingerprint density at radius 2 is 2.04 bits per heavy atom. The molecule has 2 aromatic heterocycles. The first-order valence-corrected chi connectivity index (χ1v) is 7.96. The minimum Gasteiger partial charge on any atom is -0.507 e. The smallest absolute Gasteiger partial charge is 0.165 e. The van der Waals surface area contributed by atoms with Crippen molar-refractivity contribution < 1.29 is 9.84 Å². The number of methoxy groups -OCH3 is 1. The van der Waals surface area contributed by atoms with Crippen molar-refractivity contribution >= 4 is 5.82 Å². The highest BCUT2D eigenvalue weighted by atomic mass is 16.5. The van der Waals surface area contributed by atoms with Crippen molar-refractivity contribution in [3.63, 3.8) is 0 Å². The van der Waals surface area contributed by atoms with Crippen LogP contribution < -0.4 is 5.32 Å². The average molecular weight is 339 g/mol. The molecule has 0 unspecified atom stereocenters. The third-order valence-corrected chi connectivity index (χ3v) is 3.87. The molecule has 7 heteroatoms. The summed E-state index contributed by atoms with van der Waals surface area (Å²) in [5, 5.41) is 17.7. The number of hydrogen-bond donors (Lipinski definition) is 2. The van der Waals surface area contributed by atoms with Crippen molar-refractivity contribution in [2.24, 2.45) is 7.05 Å². The van der Waals surface area contributed by atoms with Gasteiger partial charge in [0.2, 0.25) is 0 Å². The van der Waals surface area contributed by atoms with Gasteiger partial charge in [-0.2, -0.15) is 5.10 Å². The number of phenolic OH excluding ortho intramolecular Hbond substituents is 1. The molecule has 0 aliphatic carbocycles. The molecule has 7 nitrogen and oxygen atoms in total. The zero-order valence-electron chi connectivity index (χ0n) is 14.5. The van der Waals surface area contributed by atoms with Gasteiger partial charge in [-0.15, -0.1) is 0 Å². The number of nitrogens with zero attached hydrogens (tertiary/aromatic N) is 4. The molecule has 3 aromatic rings. The summed E-state index contributed by atoms with van der Waals surface area (Å²) in [5.41, 5.74) is 2.39. The number of para-hydroxylation sites is 1. The summed E-state index contributed by atoms with van der Waals surface area (Å²) in [7, 11) is 3.54. The van der Waals surface area contributed by atoms with Crippen LogP contribution in [0.1, 0.15) is 17.4 Å². The zero-order valence-corrected chi connectivity index (χ0v) is 14.5. The number of phenols is 1. The quantitative estimate of drug-likeness (QED) is 0.718. The molecule has 0 saturated heterocycles. The SMILES string of the molecule is COC[C@@H](Nc1cc(C)nc(-c2ccccc2O)n1)c1ccnn1C. The molecule has 0 spiro atoms. The number of aryl methyl sites for hydroxylation is 2. The predicted molar refractivity (Wildman–Crippen MR) is 95.3 cm³/mol. The highest BCUT2D eigenvalue weighted by Gasteiger charge is 2.17. The Labute approximate surface area is 146 Å². The Balaban J connectivity index is 1.94. The number of rotatable bonds is 6. The summed E-state index contributed by atoms with van der Waals surface area (Å²) in [4.78, 5) is 9.00. The Hall–Kier alpha value is -2.93. The van der Waals surface area contributed by atoms with Gasteiger partial charge in [0.25, 0.3) is 0 Å². The fraction of sp³-hybridized carbons (Fsp3) is 0.278. The lowest BCUT2D eigenvalue weighted by Crippen LogP contribution is -2.20. The molecule has 0 aliphatic rings. The summed E-state index contributed by atoms with van der Waals surface area (Å²) in [6.07, 6.45) is 1.75. The van der Waals surface area contributed by atoms with E-state index >= 15 is 0 Å². The first-order valence-electron chi connectivity index (χ1n) is 7.96. The third-order valence-electron chi connectivity index (χ3n) is 3.87. The maximum atomic E-state index is 10.1. The Kier molecular flexibility index (Phi) is 4.95. The zero-order chi connectivity index (χ0) is 17.8. The van der Waals surface area contributed by atoms with Crippen LogP contribution in [0.25, 0.3) is 11.4 Å². The molecule has 25 heavy (non-hydrogen) atoms. The van der Waals surface area contributed by atoms with Crippen LogP contribution in [0.5, 0.6) is 5.75 Å². The van der Waals surface area contributed by atoms with Gasteiger partial charge in [-0.05, 0) is 25.1 Å². The van der Waals surface area contributed by atoms with Crippen LogP contribution in [0, 0.1) is 6.92 Å². The normalized spacial score (nSPS) is 12.1. The molecule has 2 heterocycles. The van der Waals surface area contributed by atoms with Crippen LogP contribution in [-0.4, -0.2) is 38.6 Å². The highest BCUT2D eigenvalue weighted by molar-refractivity contribution is 5.64. The fourth-order valence-electron chi connectivity index (χ4n) is 2.70. The van der Waals surface area contributed by atoms with Crippen molar-refractivity contribution in [1.82, 2.24) is 19.7 Å². The Morgan fingerprint density at radius 3 is 2.72 bits per heavy atom. The molecule has 3 rings (SSSR count). The van der Waals surface area contributed by atoms with E-state index in [1.807, 2.05) is 32.2 Å². The molecule has 0 bridgehead atoms. The van der Waals surface area contributed by atoms with Gasteiger partial charge < -0.3 is 15.2 Å². The van der Waals surface area contributed by atoms with E-state index in [0.717, 1.165) is 11.4 Å². The van der Waals surface area contributed by atoms with Crippen LogP contribution in [-0.2, 0) is 11.8 Å². The standard InChI is InChI=1S/C18H21N5O2/c1-12-10-17(21-14(11-25-3)15-8-9-19-23(15)2)22-18(20-12)13-6-4-5-7-16(13)24/h4-10,14,24H,11H2,1-3H3,(H,20,21,22)/t14-/m1/s1. The molecule has 130 valence electrons. The molecular formula is C18H21N5O2. The van der Waals surface area contributed by atoms with Gasteiger partial charge in [0.15, 0.2) is 5.82 Å². The van der Waals surface area contributed by atoms with Crippen molar-refractivity contribution in [2.75, 3.05) is 19.0 Å². The molecule has 0 fully saturated rings. The number of benzene rings is 1. The second-order valence-corrected chi connectivity index (χ2v) is 5.77. The maximum absolute atomic E-state index is 10.1. The molecule has 0 aliphatic heterocycles. The lowest BCUT2D eigenvalue weighted by molar-refractivity contribution is 0.184. The van der Waals surface area contributed by atoms with Crippen LogP contribution in [0.2, 0.25) is 0 Å². The topological polar surface area (TPSA) is 85.1 Å². The number of ether oxygens (including phenoxy) is 1. The first-order chi connectivity index (χ1) is 12.1. The number of nitrogens with one attached hydrogen (secondary N) is 1. The van der Waals surface area contributed by atoms with Crippen LogP contribution in [0.4, 0.5) is 5.82 Å². The minimum atomic E-state index is -0.107. The Morgan fingerprint density at radius 1 is 1.24 bits per heavy atom. The third kappa shape index (κ3) is 3.77. The van der Waals surface area contributed by atoms with E-state index < -0.39 is 0 Å². The van der Waals surface area contributed by atoms with Crippen molar-refractivity contribution in [3.05, 3.63) is 54.0 Å². The molecule has 1 aromatic carbocycles. The molecule has 0 amide bonds. The van der Waals surface area contributed by atoms with Crippen molar-refractivity contribution in [1.29, 1.82) is 0 Å². The summed E-state index contributed by atoms with van der Waals surface area (Å²) < 4.78 is 7.13. The summed E-state index contributed by atoms with van der Waals surface area (Å²) >= 11 is 0. The largest absolute Gasteiger partial charge is 0.507 e. The lowest BCUT2D eigenvalue weighted by atomic mass is 10.2. The van der Waals surface area contributed by atoms with Gasteiger partial charge in [-0.25, -0.2) is 9.97 Å². The first kappa shape index (κ1) is 16.9. The van der Waals surface area contributed by atoms with E-state index in [4.69, 9.17) is 4.74 Å². The van der Waals surface area contributed by atoms with E-state index in [1.165, 1.54) is 0 Å². The van der Waals surface area contributed by atoms with E-state index in [2.05, 4.69) is 20.4 Å². The van der Waals surface area contributed by atoms with E-state index in [9.17, 15) is 5.11 Å².